The van der Waals surface area contributed by atoms with Crippen molar-refractivity contribution in [1.82, 2.24) is 5.16 Å². The number of aromatic nitrogens is 1. The average molecular weight is 482 g/mol. The largest absolute Gasteiger partial charge is 0.494 e. The third kappa shape index (κ3) is 4.47. The van der Waals surface area contributed by atoms with Crippen LogP contribution < -0.4 is 15.7 Å². The zero-order valence-corrected chi connectivity index (χ0v) is 18.7. The van der Waals surface area contributed by atoms with Crippen molar-refractivity contribution >= 4 is 22.4 Å². The van der Waals surface area contributed by atoms with E-state index in [1.54, 1.807) is 0 Å². The zero-order valence-electron chi connectivity index (χ0n) is 18.7. The second-order valence-corrected chi connectivity index (χ2v) is 8.51. The van der Waals surface area contributed by atoms with Gasteiger partial charge in [-0.05, 0) is 42.2 Å². The molecule has 3 rings (SSSR count). The lowest BCUT2D eigenvalue weighted by Crippen LogP contribution is -2.57. The van der Waals surface area contributed by atoms with Crippen LogP contribution in [0.1, 0.15) is 31.5 Å². The van der Waals surface area contributed by atoms with E-state index in [1.165, 1.54) is 64.3 Å². The average Bonchev–Trinajstić information content (AvgIpc) is 2.75. The highest BCUT2D eigenvalue weighted by atomic mass is 19.4. The molecule has 0 aliphatic heterocycles. The van der Waals surface area contributed by atoms with Crippen LogP contribution in [0.5, 0.6) is 5.75 Å². The Balaban J connectivity index is 1.99. The van der Waals surface area contributed by atoms with Gasteiger partial charge in [0.25, 0.3) is 5.91 Å². The van der Waals surface area contributed by atoms with Crippen LogP contribution in [0.4, 0.5) is 23.2 Å². The van der Waals surface area contributed by atoms with Gasteiger partial charge in [-0.15, -0.1) is 0 Å². The Kier molecular flexibility index (Phi) is 6.45. The maximum atomic E-state index is 14.8. The molecule has 2 aromatic carbocycles. The first-order chi connectivity index (χ1) is 15.7. The Hall–Kier alpha value is -3.47. The van der Waals surface area contributed by atoms with Crippen LogP contribution in [0, 0.1) is 12.7 Å². The summed E-state index contributed by atoms with van der Waals surface area (Å²) in [6.45, 7) is 4.06. The van der Waals surface area contributed by atoms with Crippen LogP contribution in [-0.2, 0) is 10.2 Å². The number of nitrogens with one attached hydrogen (secondary N) is 1. The summed E-state index contributed by atoms with van der Waals surface area (Å²) in [5.41, 5.74) is -6.27. The maximum absolute atomic E-state index is 14.8. The number of aliphatic hydroxyl groups is 1. The molecular formula is C23H22F4N2O5. The van der Waals surface area contributed by atoms with Gasteiger partial charge >= 0.3 is 11.8 Å². The van der Waals surface area contributed by atoms with Gasteiger partial charge in [0.05, 0.1) is 18.2 Å². The van der Waals surface area contributed by atoms with Crippen molar-refractivity contribution in [2.24, 2.45) is 0 Å². The molecule has 1 atom stereocenters. The minimum atomic E-state index is -5.39. The first-order valence-corrected chi connectivity index (χ1v) is 10.0. The highest BCUT2D eigenvalue weighted by Crippen LogP contribution is 2.43. The molecule has 11 heteroatoms. The van der Waals surface area contributed by atoms with Gasteiger partial charge in [0.15, 0.2) is 11.6 Å². The van der Waals surface area contributed by atoms with E-state index < -0.39 is 41.0 Å². The van der Waals surface area contributed by atoms with Gasteiger partial charge in [0.2, 0.25) is 5.60 Å². The Morgan fingerprint density at radius 1 is 1.18 bits per heavy atom. The summed E-state index contributed by atoms with van der Waals surface area (Å²) in [7, 11) is 1.21. The number of aryl methyl sites for hydroxylation is 1. The van der Waals surface area contributed by atoms with Crippen LogP contribution in [0.3, 0.4) is 0 Å². The van der Waals surface area contributed by atoms with E-state index in [-0.39, 0.29) is 33.5 Å². The molecule has 0 saturated heterocycles. The molecule has 0 bridgehead atoms. The molecule has 1 amide bonds. The minimum Gasteiger partial charge on any atom is -0.494 e. The second kappa shape index (κ2) is 8.71. The number of fused-ring (bicyclic) bond motifs is 1. The molecule has 1 heterocycles. The number of hydrogen-bond donors (Lipinski definition) is 2. The zero-order chi connectivity index (χ0) is 25.5. The first kappa shape index (κ1) is 25.2. The highest BCUT2D eigenvalue weighted by Gasteiger charge is 2.61. The summed E-state index contributed by atoms with van der Waals surface area (Å²) >= 11 is 0. The number of rotatable bonds is 6. The monoisotopic (exact) mass is 482 g/mol. The lowest BCUT2D eigenvalue weighted by Gasteiger charge is -2.37. The second-order valence-electron chi connectivity index (χ2n) is 8.51. The number of anilines is 1. The number of benzene rings is 2. The van der Waals surface area contributed by atoms with E-state index in [2.05, 4.69) is 15.0 Å². The molecule has 182 valence electrons. The first-order valence-electron chi connectivity index (χ1n) is 10.0. The van der Waals surface area contributed by atoms with Crippen molar-refractivity contribution in [1.29, 1.82) is 0 Å². The Morgan fingerprint density at radius 3 is 2.47 bits per heavy atom. The Labute approximate surface area is 191 Å². The summed E-state index contributed by atoms with van der Waals surface area (Å²) in [5, 5.41) is 16.6. The van der Waals surface area contributed by atoms with Gasteiger partial charge in [-0.2, -0.15) is 13.2 Å². The van der Waals surface area contributed by atoms with E-state index >= 15 is 0 Å². The summed E-state index contributed by atoms with van der Waals surface area (Å²) in [4.78, 5) is 24.6. The Bertz CT molecular complexity index is 1300. The van der Waals surface area contributed by atoms with Crippen molar-refractivity contribution in [3.05, 3.63) is 63.9 Å². The van der Waals surface area contributed by atoms with Crippen LogP contribution in [0.2, 0.25) is 0 Å². The number of alkyl halides is 3. The summed E-state index contributed by atoms with van der Waals surface area (Å²) in [6.07, 6.45) is -6.57. The van der Waals surface area contributed by atoms with Crippen LogP contribution in [0.25, 0.3) is 10.8 Å². The van der Waals surface area contributed by atoms with Gasteiger partial charge in [-0.3, -0.25) is 4.79 Å². The molecule has 0 fully saturated rings. The lowest BCUT2D eigenvalue weighted by molar-refractivity contribution is -0.254. The molecule has 3 aromatic rings. The summed E-state index contributed by atoms with van der Waals surface area (Å²) < 4.78 is 66.3. The van der Waals surface area contributed by atoms with E-state index in [4.69, 9.17) is 4.74 Å². The van der Waals surface area contributed by atoms with E-state index in [1.807, 2.05) is 0 Å². The minimum absolute atomic E-state index is 0.110. The molecule has 1 aromatic heterocycles. The number of nitrogens with zero attached hydrogens (tertiary/aromatic N) is 1. The maximum Gasteiger partial charge on any atom is 0.426 e. The molecule has 0 radical (unpaired) electrons. The fourth-order valence-corrected chi connectivity index (χ4v) is 3.78. The summed E-state index contributed by atoms with van der Waals surface area (Å²) in [5.74, 6) is -2.84. The smallest absolute Gasteiger partial charge is 0.426 e. The third-order valence-electron chi connectivity index (χ3n) is 5.61. The fraction of sp³-hybridized carbons (Fsp3) is 0.348. The van der Waals surface area contributed by atoms with Gasteiger partial charge in [-0.1, -0.05) is 31.1 Å². The number of carbonyl (C=O) groups excluding carboxylic acids is 1. The quantitative estimate of drug-likeness (QED) is 0.510. The van der Waals surface area contributed by atoms with Gasteiger partial charge < -0.3 is 19.7 Å². The Morgan fingerprint density at radius 2 is 1.85 bits per heavy atom. The number of amides is 1. The fourth-order valence-electron chi connectivity index (χ4n) is 3.78. The lowest BCUT2D eigenvalue weighted by atomic mass is 9.74. The highest BCUT2D eigenvalue weighted by molar-refractivity contribution is 5.99. The standard InChI is InChI=1S/C23H22F4N2O5/c1-12-15-10-13(8-9-14(15)19(30)34-29-12)28-20(31)22(32,23(25,26)27)11-21(2,3)16-6-5-7-17(33-4)18(16)24/h5-10,32H,11H2,1-4H3,(H,28,31). The predicted molar refractivity (Wildman–Crippen MR) is 115 cm³/mol. The molecule has 34 heavy (non-hydrogen) atoms. The van der Waals surface area contributed by atoms with Crippen LogP contribution >= 0.6 is 0 Å². The number of methoxy groups -OCH3 is 1. The molecule has 0 spiro atoms. The normalized spacial score (nSPS) is 14.0. The number of hydrogen-bond acceptors (Lipinski definition) is 6. The topological polar surface area (TPSA) is 102 Å². The van der Waals surface area contributed by atoms with Gasteiger partial charge in [0.1, 0.15) is 0 Å². The number of halogens is 4. The van der Waals surface area contributed by atoms with Crippen molar-refractivity contribution in [3.8, 4) is 5.75 Å². The molecule has 2 N–H and O–H groups in total. The van der Waals surface area contributed by atoms with Crippen LogP contribution in [0.15, 0.2) is 45.7 Å². The molecule has 0 saturated carbocycles. The number of carbonyl (C=O) groups is 1. The molecule has 1 unspecified atom stereocenters. The molecule has 7 nitrogen and oxygen atoms in total. The molecule has 0 aliphatic carbocycles. The summed E-state index contributed by atoms with van der Waals surface area (Å²) in [6, 6.07) is 7.66. The van der Waals surface area contributed by atoms with Crippen molar-refractivity contribution in [2.75, 3.05) is 12.4 Å². The van der Waals surface area contributed by atoms with Crippen molar-refractivity contribution in [3.63, 3.8) is 0 Å². The van der Waals surface area contributed by atoms with Gasteiger partial charge in [0, 0.05) is 17.5 Å². The third-order valence-corrected chi connectivity index (χ3v) is 5.61. The van der Waals surface area contributed by atoms with Crippen molar-refractivity contribution in [2.45, 2.75) is 44.4 Å². The van der Waals surface area contributed by atoms with E-state index in [0.717, 1.165) is 0 Å². The van der Waals surface area contributed by atoms with Crippen LogP contribution in [-0.4, -0.2) is 35.1 Å². The van der Waals surface area contributed by atoms with E-state index in [0.29, 0.717) is 0 Å². The van der Waals surface area contributed by atoms with Gasteiger partial charge in [-0.25, -0.2) is 9.18 Å². The predicted octanol–water partition coefficient (Wildman–Crippen LogP) is 4.24. The SMILES string of the molecule is COc1cccc(C(C)(C)CC(O)(C(=O)Nc2ccc3c(=O)onc(C)c3c2)C(F)(F)F)c1F. The van der Waals surface area contributed by atoms with Crippen molar-refractivity contribution < 1.29 is 36.7 Å². The molecular weight excluding hydrogens is 460 g/mol. The van der Waals surface area contributed by atoms with E-state index in [9.17, 15) is 32.3 Å². The molecule has 0 aliphatic rings. The number of ether oxygens (including phenoxy) is 1.